The van der Waals surface area contributed by atoms with Gasteiger partial charge in [0.1, 0.15) is 5.69 Å². The maximum atomic E-state index is 12.9. The van der Waals surface area contributed by atoms with Gasteiger partial charge in [-0.2, -0.15) is 0 Å². The second-order valence-electron chi connectivity index (χ2n) is 5.09. The number of nitro benzene ring substituents is 1. The largest absolute Gasteiger partial charge is 0.366 e. The monoisotopic (exact) mass is 366 g/mol. The molecule has 0 atom stereocenters. The number of anilines is 1. The zero-order chi connectivity index (χ0) is 17.9. The van der Waals surface area contributed by atoms with E-state index in [2.05, 4.69) is 0 Å². The Morgan fingerprint density at radius 1 is 1.08 bits per heavy atom. The van der Waals surface area contributed by atoms with Crippen molar-refractivity contribution in [2.75, 3.05) is 18.0 Å². The van der Waals surface area contributed by atoms with E-state index in [4.69, 9.17) is 23.2 Å². The first-order valence-corrected chi connectivity index (χ1v) is 8.17. The van der Waals surface area contributed by atoms with Crippen LogP contribution in [0.3, 0.4) is 0 Å². The third-order valence-corrected chi connectivity index (χ3v) is 4.15. The van der Waals surface area contributed by atoms with Crippen LogP contribution in [0.5, 0.6) is 0 Å². The second-order valence-corrected chi connectivity index (χ2v) is 5.96. The van der Waals surface area contributed by atoms with Crippen molar-refractivity contribution in [2.24, 2.45) is 0 Å². The van der Waals surface area contributed by atoms with E-state index in [1.807, 2.05) is 13.8 Å². The van der Waals surface area contributed by atoms with Crippen molar-refractivity contribution in [1.82, 2.24) is 0 Å². The molecule has 126 valence electrons. The van der Waals surface area contributed by atoms with Crippen molar-refractivity contribution in [3.63, 3.8) is 0 Å². The molecular weight excluding hydrogens is 351 g/mol. The van der Waals surface area contributed by atoms with Crippen molar-refractivity contribution in [3.05, 3.63) is 67.7 Å². The Bertz CT molecular complexity index is 772. The average molecular weight is 367 g/mol. The topological polar surface area (TPSA) is 63.5 Å². The fraction of sp³-hybridized carbons (Fsp3) is 0.235. The molecule has 0 unspecified atom stereocenters. The molecule has 0 bridgehead atoms. The maximum Gasteiger partial charge on any atom is 0.294 e. The van der Waals surface area contributed by atoms with Crippen molar-refractivity contribution in [2.45, 2.75) is 13.8 Å². The average Bonchev–Trinajstić information content (AvgIpc) is 2.56. The molecule has 0 aliphatic carbocycles. The summed E-state index contributed by atoms with van der Waals surface area (Å²) in [5.74, 6) is -0.334. The summed E-state index contributed by atoms with van der Waals surface area (Å²) in [6.45, 7) is 4.80. The molecular formula is C17H16Cl2N2O3. The minimum Gasteiger partial charge on any atom is -0.366 e. The van der Waals surface area contributed by atoms with Gasteiger partial charge in [0, 0.05) is 34.8 Å². The number of rotatable bonds is 6. The lowest BCUT2D eigenvalue weighted by Gasteiger charge is -2.23. The van der Waals surface area contributed by atoms with Crippen LogP contribution in [0.4, 0.5) is 11.4 Å². The number of hydrogen-bond acceptors (Lipinski definition) is 4. The molecule has 0 aromatic heterocycles. The van der Waals surface area contributed by atoms with Gasteiger partial charge >= 0.3 is 0 Å². The van der Waals surface area contributed by atoms with Gasteiger partial charge in [-0.05, 0) is 44.2 Å². The van der Waals surface area contributed by atoms with Gasteiger partial charge in [0.05, 0.1) is 10.5 Å². The van der Waals surface area contributed by atoms with Crippen LogP contribution >= 0.6 is 23.2 Å². The van der Waals surface area contributed by atoms with Gasteiger partial charge in [0.2, 0.25) is 0 Å². The summed E-state index contributed by atoms with van der Waals surface area (Å²) < 4.78 is 0. The minimum absolute atomic E-state index is 0.148. The summed E-state index contributed by atoms with van der Waals surface area (Å²) in [5.41, 5.74) is 0.711. The normalized spacial score (nSPS) is 10.5. The third-order valence-electron chi connectivity index (χ3n) is 3.68. The van der Waals surface area contributed by atoms with Gasteiger partial charge in [-0.1, -0.05) is 23.2 Å². The van der Waals surface area contributed by atoms with Gasteiger partial charge < -0.3 is 4.90 Å². The highest BCUT2D eigenvalue weighted by Crippen LogP contribution is 2.36. The zero-order valence-corrected chi connectivity index (χ0v) is 14.8. The summed E-state index contributed by atoms with van der Waals surface area (Å²) in [7, 11) is 0. The van der Waals surface area contributed by atoms with Crippen molar-refractivity contribution in [3.8, 4) is 0 Å². The standard InChI is InChI=1S/C17H16Cl2N2O3/c1-3-20(4-2)16-14(9-13(19)10-15(16)21(23)24)17(22)11-5-7-12(18)8-6-11/h5-10H,3-4H2,1-2H3. The van der Waals surface area contributed by atoms with E-state index >= 15 is 0 Å². The summed E-state index contributed by atoms with van der Waals surface area (Å²) in [6, 6.07) is 9.12. The molecule has 0 radical (unpaired) electrons. The van der Waals surface area contributed by atoms with Crippen LogP contribution in [0.25, 0.3) is 0 Å². The molecule has 24 heavy (non-hydrogen) atoms. The number of carbonyl (C=O) groups excluding carboxylic acids is 1. The molecule has 5 nitrogen and oxygen atoms in total. The highest BCUT2D eigenvalue weighted by molar-refractivity contribution is 6.32. The summed E-state index contributed by atoms with van der Waals surface area (Å²) in [5, 5.41) is 12.1. The van der Waals surface area contributed by atoms with E-state index in [-0.39, 0.29) is 27.7 Å². The molecule has 2 aromatic carbocycles. The van der Waals surface area contributed by atoms with Crippen LogP contribution in [0, 0.1) is 10.1 Å². The number of hydrogen-bond donors (Lipinski definition) is 0. The van der Waals surface area contributed by atoms with Gasteiger partial charge in [-0.3, -0.25) is 14.9 Å². The van der Waals surface area contributed by atoms with Crippen LogP contribution in [0.2, 0.25) is 10.0 Å². The van der Waals surface area contributed by atoms with Gasteiger partial charge in [-0.25, -0.2) is 0 Å². The molecule has 0 spiro atoms. The van der Waals surface area contributed by atoms with E-state index in [0.717, 1.165) is 0 Å². The highest BCUT2D eigenvalue weighted by Gasteiger charge is 2.27. The Labute approximate surface area is 149 Å². The van der Waals surface area contributed by atoms with E-state index in [1.54, 1.807) is 29.2 Å². The number of nitrogens with zero attached hydrogens (tertiary/aromatic N) is 2. The Kier molecular flexibility index (Phi) is 5.80. The zero-order valence-electron chi connectivity index (χ0n) is 13.3. The van der Waals surface area contributed by atoms with E-state index in [0.29, 0.717) is 23.7 Å². The van der Waals surface area contributed by atoms with Gasteiger partial charge in [0.15, 0.2) is 5.78 Å². The van der Waals surface area contributed by atoms with Crippen LogP contribution in [0.1, 0.15) is 29.8 Å². The van der Waals surface area contributed by atoms with Gasteiger partial charge in [0.25, 0.3) is 5.69 Å². The van der Waals surface area contributed by atoms with Gasteiger partial charge in [-0.15, -0.1) is 0 Å². The number of halogens is 2. The maximum absolute atomic E-state index is 12.9. The first-order chi connectivity index (χ1) is 11.4. The first kappa shape index (κ1) is 18.2. The molecule has 2 rings (SSSR count). The molecule has 0 saturated heterocycles. The fourth-order valence-corrected chi connectivity index (χ4v) is 2.86. The molecule has 7 heteroatoms. The molecule has 2 aromatic rings. The van der Waals surface area contributed by atoms with E-state index < -0.39 is 4.92 Å². The summed E-state index contributed by atoms with van der Waals surface area (Å²) in [4.78, 5) is 25.6. The van der Waals surface area contributed by atoms with E-state index in [1.165, 1.54) is 12.1 Å². The molecule has 0 fully saturated rings. The predicted molar refractivity (Wildman–Crippen MR) is 96.6 cm³/mol. The summed E-state index contributed by atoms with van der Waals surface area (Å²) >= 11 is 11.9. The lowest BCUT2D eigenvalue weighted by Crippen LogP contribution is -2.25. The Morgan fingerprint density at radius 2 is 1.67 bits per heavy atom. The fourth-order valence-electron chi connectivity index (χ4n) is 2.53. The number of ketones is 1. The highest BCUT2D eigenvalue weighted by atomic mass is 35.5. The molecule has 0 amide bonds. The van der Waals surface area contributed by atoms with Crippen molar-refractivity contribution in [1.29, 1.82) is 0 Å². The first-order valence-electron chi connectivity index (χ1n) is 7.42. The predicted octanol–water partition coefficient (Wildman–Crippen LogP) is 4.98. The molecule has 0 heterocycles. The number of nitro groups is 1. The smallest absolute Gasteiger partial charge is 0.294 e. The number of benzene rings is 2. The quantitative estimate of drug-likeness (QED) is 0.410. The van der Waals surface area contributed by atoms with Crippen LogP contribution < -0.4 is 4.90 Å². The van der Waals surface area contributed by atoms with E-state index in [9.17, 15) is 14.9 Å². The lowest BCUT2D eigenvalue weighted by atomic mass is 9.99. The number of carbonyl (C=O) groups is 1. The summed E-state index contributed by atoms with van der Waals surface area (Å²) in [6.07, 6.45) is 0. The molecule has 0 saturated carbocycles. The van der Waals surface area contributed by atoms with Crippen molar-refractivity contribution < 1.29 is 9.72 Å². The Balaban J connectivity index is 2.69. The molecule has 0 N–H and O–H groups in total. The minimum atomic E-state index is -0.516. The van der Waals surface area contributed by atoms with Crippen molar-refractivity contribution >= 4 is 40.4 Å². The van der Waals surface area contributed by atoms with Crippen LogP contribution in [-0.4, -0.2) is 23.8 Å². The third kappa shape index (κ3) is 3.68. The second kappa shape index (κ2) is 7.64. The molecule has 0 aliphatic rings. The lowest BCUT2D eigenvalue weighted by molar-refractivity contribution is -0.384. The SMILES string of the molecule is CCN(CC)c1c(C(=O)c2ccc(Cl)cc2)cc(Cl)cc1[N+](=O)[O-]. The van der Waals surface area contributed by atoms with Crippen LogP contribution in [-0.2, 0) is 0 Å². The molecule has 0 aliphatic heterocycles. The Morgan fingerprint density at radius 3 is 2.17 bits per heavy atom. The Hall–Kier alpha value is -2.11. The van der Waals surface area contributed by atoms with Crippen LogP contribution in [0.15, 0.2) is 36.4 Å².